The summed E-state index contributed by atoms with van der Waals surface area (Å²) in [4.78, 5) is 15.6. The van der Waals surface area contributed by atoms with Crippen molar-refractivity contribution in [1.82, 2.24) is 25.0 Å². The van der Waals surface area contributed by atoms with Crippen LogP contribution in [0.2, 0.25) is 0 Å². The van der Waals surface area contributed by atoms with E-state index in [2.05, 4.69) is 20.5 Å². The van der Waals surface area contributed by atoms with Crippen molar-refractivity contribution < 1.29 is 18.0 Å². The number of aromatic amines is 1. The minimum atomic E-state index is -4.64. The first kappa shape index (κ1) is 15.5. The van der Waals surface area contributed by atoms with Gasteiger partial charge in [0, 0.05) is 19.2 Å². The van der Waals surface area contributed by atoms with E-state index in [-0.39, 0.29) is 5.92 Å². The van der Waals surface area contributed by atoms with Gasteiger partial charge in [0.05, 0.1) is 11.3 Å². The maximum Gasteiger partial charge on any atom is 0.451 e. The van der Waals surface area contributed by atoms with Crippen LogP contribution in [-0.4, -0.2) is 30.9 Å². The Morgan fingerprint density at radius 2 is 2.09 bits per heavy atom. The Morgan fingerprint density at radius 3 is 2.70 bits per heavy atom. The third-order valence-corrected chi connectivity index (χ3v) is 3.82. The molecule has 124 valence electrons. The molecule has 1 saturated carbocycles. The average molecular weight is 328 g/mol. The van der Waals surface area contributed by atoms with E-state index in [9.17, 15) is 18.0 Å². The molecule has 0 unspecified atom stereocenters. The number of aromatic nitrogens is 5. The van der Waals surface area contributed by atoms with Crippen LogP contribution >= 0.6 is 0 Å². The molecule has 2 N–H and O–H groups in total. The second-order valence-electron chi connectivity index (χ2n) is 5.54. The van der Waals surface area contributed by atoms with Crippen LogP contribution in [0, 0.1) is 0 Å². The molecule has 1 aliphatic carbocycles. The summed E-state index contributed by atoms with van der Waals surface area (Å²) in [5.41, 5.74) is 1.02. The number of nitrogens with one attached hydrogen (secondary N) is 2. The maximum atomic E-state index is 12.5. The number of halogens is 3. The number of amides is 1. The predicted octanol–water partition coefficient (Wildman–Crippen LogP) is 2.47. The van der Waals surface area contributed by atoms with Crippen molar-refractivity contribution in [3.05, 3.63) is 23.3 Å². The van der Waals surface area contributed by atoms with Gasteiger partial charge in [-0.2, -0.15) is 23.3 Å². The van der Waals surface area contributed by atoms with Crippen molar-refractivity contribution in [1.29, 1.82) is 0 Å². The van der Waals surface area contributed by atoms with Gasteiger partial charge >= 0.3 is 6.18 Å². The van der Waals surface area contributed by atoms with Crippen LogP contribution in [0.1, 0.15) is 53.5 Å². The summed E-state index contributed by atoms with van der Waals surface area (Å²) >= 11 is 0. The summed E-state index contributed by atoms with van der Waals surface area (Å²) in [5.74, 6) is -2.03. The lowest BCUT2D eigenvalue weighted by Gasteiger charge is -2.07. The first-order chi connectivity index (χ1) is 10.8. The van der Waals surface area contributed by atoms with E-state index in [1.165, 1.54) is 4.68 Å². The highest BCUT2D eigenvalue weighted by molar-refractivity contribution is 6.04. The second kappa shape index (κ2) is 5.67. The highest BCUT2D eigenvalue weighted by atomic mass is 19.4. The van der Waals surface area contributed by atoms with E-state index in [4.69, 9.17) is 0 Å². The number of nitrogens with zero attached hydrogens (tertiary/aromatic N) is 4. The lowest BCUT2D eigenvalue weighted by atomic mass is 10.0. The molecule has 0 aliphatic heterocycles. The molecule has 7 nitrogen and oxygen atoms in total. The van der Waals surface area contributed by atoms with Crippen molar-refractivity contribution in [3.63, 3.8) is 0 Å². The molecule has 2 aromatic heterocycles. The summed E-state index contributed by atoms with van der Waals surface area (Å²) in [7, 11) is 1.70. The first-order valence-corrected chi connectivity index (χ1v) is 7.19. The number of carbonyl (C=O) groups is 1. The zero-order valence-electron chi connectivity index (χ0n) is 12.3. The van der Waals surface area contributed by atoms with E-state index < -0.39 is 23.9 Å². The molecule has 0 bridgehead atoms. The number of H-pyrrole nitrogens is 1. The fraction of sp³-hybridized carbons (Fsp3) is 0.538. The number of hydrogen-bond donors (Lipinski definition) is 2. The fourth-order valence-electron chi connectivity index (χ4n) is 2.79. The zero-order chi connectivity index (χ0) is 16.6. The summed E-state index contributed by atoms with van der Waals surface area (Å²) in [6.07, 6.45) is 0.988. The molecular weight excluding hydrogens is 313 g/mol. The lowest BCUT2D eigenvalue weighted by molar-refractivity contribution is -0.144. The van der Waals surface area contributed by atoms with Crippen molar-refractivity contribution in [2.45, 2.75) is 37.8 Å². The van der Waals surface area contributed by atoms with Crippen LogP contribution in [0.4, 0.5) is 19.1 Å². The fourth-order valence-corrected chi connectivity index (χ4v) is 2.79. The maximum absolute atomic E-state index is 12.5. The molecule has 23 heavy (non-hydrogen) atoms. The number of anilines is 1. The van der Waals surface area contributed by atoms with Gasteiger partial charge in [-0.15, -0.1) is 5.10 Å². The van der Waals surface area contributed by atoms with E-state index in [0.717, 1.165) is 25.7 Å². The quantitative estimate of drug-likeness (QED) is 0.906. The van der Waals surface area contributed by atoms with E-state index in [1.807, 2.05) is 0 Å². The zero-order valence-corrected chi connectivity index (χ0v) is 12.3. The smallest absolute Gasteiger partial charge is 0.289 e. The van der Waals surface area contributed by atoms with E-state index in [0.29, 0.717) is 11.3 Å². The van der Waals surface area contributed by atoms with Gasteiger partial charge in [0.2, 0.25) is 11.8 Å². The van der Waals surface area contributed by atoms with Gasteiger partial charge in [-0.25, -0.2) is 0 Å². The lowest BCUT2D eigenvalue weighted by Crippen LogP contribution is -2.15. The summed E-state index contributed by atoms with van der Waals surface area (Å²) in [6.45, 7) is 0. The molecule has 3 rings (SSSR count). The standard InChI is InChI=1S/C13H15F3N6O/c1-22-6-8(9(21-22)7-4-2-3-5-7)10(23)17-12-18-11(19-20-12)13(14,15)16/h6-7H,2-5H2,1H3,(H2,17,18,19,20,23). The first-order valence-electron chi connectivity index (χ1n) is 7.19. The van der Waals surface area contributed by atoms with Gasteiger partial charge in [0.15, 0.2) is 0 Å². The van der Waals surface area contributed by atoms with Crippen molar-refractivity contribution in [3.8, 4) is 0 Å². The third-order valence-electron chi connectivity index (χ3n) is 3.82. The van der Waals surface area contributed by atoms with Crippen molar-refractivity contribution in [2.75, 3.05) is 5.32 Å². The number of aryl methyl sites for hydroxylation is 1. The highest BCUT2D eigenvalue weighted by Gasteiger charge is 2.35. The van der Waals surface area contributed by atoms with Crippen LogP contribution in [0.3, 0.4) is 0 Å². The summed E-state index contributed by atoms with van der Waals surface area (Å²) < 4.78 is 39.0. The molecule has 10 heteroatoms. The number of carbonyl (C=O) groups excluding carboxylic acids is 1. The third kappa shape index (κ3) is 3.20. The topological polar surface area (TPSA) is 88.5 Å². The van der Waals surface area contributed by atoms with Gasteiger partial charge in [0.1, 0.15) is 0 Å². The Hall–Kier alpha value is -2.39. The van der Waals surface area contributed by atoms with Crippen LogP contribution < -0.4 is 5.32 Å². The molecule has 0 saturated heterocycles. The van der Waals surface area contributed by atoms with Crippen LogP contribution in [0.5, 0.6) is 0 Å². The molecule has 0 radical (unpaired) electrons. The molecule has 0 atom stereocenters. The van der Waals surface area contributed by atoms with Crippen molar-refractivity contribution >= 4 is 11.9 Å². The Labute approximate surface area is 129 Å². The number of alkyl halides is 3. The molecule has 1 fully saturated rings. The summed E-state index contributed by atoms with van der Waals surface area (Å²) in [6, 6.07) is 0. The number of rotatable bonds is 3. The van der Waals surface area contributed by atoms with Gasteiger partial charge in [-0.1, -0.05) is 12.8 Å². The highest BCUT2D eigenvalue weighted by Crippen LogP contribution is 2.35. The molecule has 1 aliphatic rings. The molecule has 0 aromatic carbocycles. The largest absolute Gasteiger partial charge is 0.451 e. The summed E-state index contributed by atoms with van der Waals surface area (Å²) in [5, 5.41) is 11.7. The normalized spacial score (nSPS) is 16.0. The van der Waals surface area contributed by atoms with Gasteiger partial charge in [-0.3, -0.25) is 19.9 Å². The molecule has 0 spiro atoms. The Balaban J connectivity index is 1.79. The average Bonchev–Trinajstić information content (AvgIpc) is 3.15. The second-order valence-corrected chi connectivity index (χ2v) is 5.54. The van der Waals surface area contributed by atoms with Crippen LogP contribution in [0.25, 0.3) is 0 Å². The van der Waals surface area contributed by atoms with Crippen LogP contribution in [0.15, 0.2) is 6.20 Å². The Kier molecular flexibility index (Phi) is 3.82. The molecular formula is C13H15F3N6O. The van der Waals surface area contributed by atoms with E-state index >= 15 is 0 Å². The monoisotopic (exact) mass is 328 g/mol. The predicted molar refractivity (Wildman–Crippen MR) is 73.8 cm³/mol. The van der Waals surface area contributed by atoms with Gasteiger partial charge < -0.3 is 0 Å². The molecule has 1 amide bonds. The minimum absolute atomic E-state index is 0.204. The van der Waals surface area contributed by atoms with Crippen LogP contribution in [-0.2, 0) is 13.2 Å². The Bertz CT molecular complexity index is 714. The van der Waals surface area contributed by atoms with E-state index in [1.54, 1.807) is 18.3 Å². The van der Waals surface area contributed by atoms with Crippen molar-refractivity contribution in [2.24, 2.45) is 7.05 Å². The molecule has 2 aromatic rings. The van der Waals surface area contributed by atoms with Gasteiger partial charge in [0.25, 0.3) is 5.91 Å². The Morgan fingerprint density at radius 1 is 1.39 bits per heavy atom. The number of hydrogen-bond acceptors (Lipinski definition) is 4. The SMILES string of the molecule is Cn1cc(C(=O)Nc2n[nH]c(C(F)(F)F)n2)c(C2CCCC2)n1. The minimum Gasteiger partial charge on any atom is -0.289 e. The van der Waals surface area contributed by atoms with Gasteiger partial charge in [-0.05, 0) is 12.8 Å². The molecule has 2 heterocycles.